The minimum Gasteiger partial charge on any atom is -0.493 e. The molecule has 0 aromatic heterocycles. The molecule has 0 saturated heterocycles. The molecule has 1 saturated carbocycles. The van der Waals surface area contributed by atoms with E-state index in [9.17, 15) is 4.79 Å². The summed E-state index contributed by atoms with van der Waals surface area (Å²) in [6.07, 6.45) is 9.27. The van der Waals surface area contributed by atoms with Gasteiger partial charge in [0, 0.05) is 35.8 Å². The first kappa shape index (κ1) is 25.3. The van der Waals surface area contributed by atoms with Gasteiger partial charge in [0.2, 0.25) is 0 Å². The maximum absolute atomic E-state index is 13.2. The molecular formula is C33H38N2O2. The van der Waals surface area contributed by atoms with Crippen molar-refractivity contribution in [3.63, 3.8) is 0 Å². The highest BCUT2D eigenvalue weighted by Crippen LogP contribution is 2.31. The van der Waals surface area contributed by atoms with Gasteiger partial charge in [-0.25, -0.2) is 0 Å². The molecule has 0 unspecified atom stereocenters. The molecule has 0 spiro atoms. The fourth-order valence-electron chi connectivity index (χ4n) is 5.51. The van der Waals surface area contributed by atoms with Crippen LogP contribution in [0.2, 0.25) is 0 Å². The third-order valence-corrected chi connectivity index (χ3v) is 7.74. The number of carbonyl (C=O) groups is 1. The van der Waals surface area contributed by atoms with Crippen molar-refractivity contribution in [2.75, 3.05) is 18.5 Å². The molecule has 0 atom stereocenters. The largest absolute Gasteiger partial charge is 0.493 e. The molecule has 1 heterocycles. The Morgan fingerprint density at radius 3 is 2.41 bits per heavy atom. The summed E-state index contributed by atoms with van der Waals surface area (Å²) < 4.78 is 5.97. The quantitative estimate of drug-likeness (QED) is 0.367. The van der Waals surface area contributed by atoms with Gasteiger partial charge in [0.25, 0.3) is 5.91 Å². The van der Waals surface area contributed by atoms with Crippen LogP contribution in [0.5, 0.6) is 5.75 Å². The van der Waals surface area contributed by atoms with Crippen molar-refractivity contribution in [3.8, 4) is 16.9 Å². The standard InChI is InChI=1S/C33H38N2O2/c1-3-35(31-7-5-4-6-8-31)23-25-11-16-30(17-12-25)34-33(36)28-19-20-37-32-18-15-27(21-29(32)22-28)26-13-9-24(2)10-14-26/h9-18,21-22,31H,3-8,19-20,23H2,1-2H3,(H,34,36). The van der Waals surface area contributed by atoms with Gasteiger partial charge in [-0.2, -0.15) is 0 Å². The lowest BCUT2D eigenvalue weighted by molar-refractivity contribution is -0.113. The molecule has 3 aromatic rings. The summed E-state index contributed by atoms with van der Waals surface area (Å²) in [7, 11) is 0. The minimum absolute atomic E-state index is 0.0673. The Labute approximate surface area is 221 Å². The first-order chi connectivity index (χ1) is 18.1. The van der Waals surface area contributed by atoms with Gasteiger partial charge >= 0.3 is 0 Å². The van der Waals surface area contributed by atoms with Gasteiger partial charge < -0.3 is 10.1 Å². The number of amides is 1. The Bertz CT molecular complexity index is 1240. The van der Waals surface area contributed by atoms with Crippen LogP contribution in [-0.2, 0) is 11.3 Å². The lowest BCUT2D eigenvalue weighted by Crippen LogP contribution is -2.36. The topological polar surface area (TPSA) is 41.6 Å². The van der Waals surface area contributed by atoms with E-state index < -0.39 is 0 Å². The van der Waals surface area contributed by atoms with Crippen molar-refractivity contribution in [2.45, 2.75) is 65.0 Å². The van der Waals surface area contributed by atoms with E-state index >= 15 is 0 Å². The van der Waals surface area contributed by atoms with Crippen LogP contribution in [0, 0.1) is 6.92 Å². The third-order valence-electron chi connectivity index (χ3n) is 7.74. The number of anilines is 1. The molecular weight excluding hydrogens is 456 g/mol. The molecule has 2 aliphatic rings. The number of fused-ring (bicyclic) bond motifs is 1. The first-order valence-electron chi connectivity index (χ1n) is 13.8. The molecule has 1 amide bonds. The molecule has 1 fully saturated rings. The van der Waals surface area contributed by atoms with Gasteiger partial charge in [0.15, 0.2) is 0 Å². The van der Waals surface area contributed by atoms with Crippen molar-refractivity contribution in [1.82, 2.24) is 4.90 Å². The number of nitrogens with zero attached hydrogens (tertiary/aromatic N) is 1. The van der Waals surface area contributed by atoms with Crippen molar-refractivity contribution in [3.05, 3.63) is 89.0 Å². The van der Waals surface area contributed by atoms with E-state index in [0.29, 0.717) is 19.1 Å². The zero-order valence-electron chi connectivity index (χ0n) is 22.1. The van der Waals surface area contributed by atoms with Gasteiger partial charge in [0.05, 0.1) is 6.61 Å². The fraction of sp³-hybridized carbons (Fsp3) is 0.364. The molecule has 5 rings (SSSR count). The van der Waals surface area contributed by atoms with E-state index in [0.717, 1.165) is 46.8 Å². The fourth-order valence-corrected chi connectivity index (χ4v) is 5.51. The van der Waals surface area contributed by atoms with Gasteiger partial charge in [-0.15, -0.1) is 0 Å². The number of hydrogen-bond donors (Lipinski definition) is 1. The number of hydrogen-bond acceptors (Lipinski definition) is 3. The van der Waals surface area contributed by atoms with Crippen molar-refractivity contribution < 1.29 is 9.53 Å². The van der Waals surface area contributed by atoms with E-state index in [2.05, 4.69) is 72.6 Å². The Balaban J connectivity index is 1.27. The summed E-state index contributed by atoms with van der Waals surface area (Å²) in [4.78, 5) is 15.8. The van der Waals surface area contributed by atoms with Crippen molar-refractivity contribution in [1.29, 1.82) is 0 Å². The number of carbonyl (C=O) groups excluding carboxylic acids is 1. The highest BCUT2D eigenvalue weighted by Gasteiger charge is 2.20. The first-order valence-corrected chi connectivity index (χ1v) is 13.8. The van der Waals surface area contributed by atoms with Crippen LogP contribution < -0.4 is 10.1 Å². The van der Waals surface area contributed by atoms with E-state index in [4.69, 9.17) is 4.74 Å². The lowest BCUT2D eigenvalue weighted by atomic mass is 9.94. The van der Waals surface area contributed by atoms with Gasteiger partial charge in [0.1, 0.15) is 5.75 Å². The van der Waals surface area contributed by atoms with Crippen LogP contribution in [0.25, 0.3) is 17.2 Å². The Morgan fingerprint density at radius 2 is 1.68 bits per heavy atom. The number of aryl methyl sites for hydroxylation is 1. The molecule has 1 aliphatic heterocycles. The van der Waals surface area contributed by atoms with Gasteiger partial charge in [-0.3, -0.25) is 9.69 Å². The molecule has 0 bridgehead atoms. The third kappa shape index (κ3) is 6.31. The molecule has 3 aromatic carbocycles. The Hall–Kier alpha value is -3.37. The lowest BCUT2D eigenvalue weighted by Gasteiger charge is -2.33. The number of nitrogens with one attached hydrogen (secondary N) is 1. The SMILES string of the molecule is CCN(Cc1ccc(NC(=O)C2=Cc3cc(-c4ccc(C)cc4)ccc3OCC2)cc1)C1CCCCC1. The van der Waals surface area contributed by atoms with Crippen LogP contribution in [0.15, 0.2) is 72.3 Å². The maximum Gasteiger partial charge on any atom is 0.251 e. The molecule has 1 N–H and O–H groups in total. The summed E-state index contributed by atoms with van der Waals surface area (Å²) >= 11 is 0. The predicted molar refractivity (Wildman–Crippen MR) is 153 cm³/mol. The second kappa shape index (κ2) is 11.8. The monoisotopic (exact) mass is 494 g/mol. The molecule has 4 nitrogen and oxygen atoms in total. The summed E-state index contributed by atoms with van der Waals surface area (Å²) in [6.45, 7) is 6.88. The molecule has 1 aliphatic carbocycles. The summed E-state index contributed by atoms with van der Waals surface area (Å²) in [6, 6.07) is 23.7. The van der Waals surface area contributed by atoms with E-state index in [1.54, 1.807) is 0 Å². The van der Waals surface area contributed by atoms with Crippen LogP contribution in [0.3, 0.4) is 0 Å². The summed E-state index contributed by atoms with van der Waals surface area (Å²) in [5.74, 6) is 0.754. The van der Waals surface area contributed by atoms with Gasteiger partial charge in [-0.1, -0.05) is 74.2 Å². The normalized spacial score (nSPS) is 15.9. The minimum atomic E-state index is -0.0673. The Morgan fingerprint density at radius 1 is 0.946 bits per heavy atom. The smallest absolute Gasteiger partial charge is 0.251 e. The molecule has 37 heavy (non-hydrogen) atoms. The Kier molecular flexibility index (Phi) is 8.05. The average Bonchev–Trinajstić information content (AvgIpc) is 3.16. The highest BCUT2D eigenvalue weighted by atomic mass is 16.5. The van der Waals surface area contributed by atoms with Crippen LogP contribution in [-0.4, -0.2) is 30.0 Å². The predicted octanol–water partition coefficient (Wildman–Crippen LogP) is 7.62. The second-order valence-corrected chi connectivity index (χ2v) is 10.4. The number of benzene rings is 3. The van der Waals surface area contributed by atoms with Gasteiger partial charge in [-0.05, 0) is 73.3 Å². The number of ether oxygens (including phenoxy) is 1. The van der Waals surface area contributed by atoms with E-state index in [1.807, 2.05) is 24.3 Å². The summed E-state index contributed by atoms with van der Waals surface area (Å²) in [5, 5.41) is 3.10. The van der Waals surface area contributed by atoms with Crippen molar-refractivity contribution in [2.24, 2.45) is 0 Å². The van der Waals surface area contributed by atoms with Crippen LogP contribution in [0.1, 0.15) is 62.1 Å². The van der Waals surface area contributed by atoms with Crippen molar-refractivity contribution >= 4 is 17.7 Å². The second-order valence-electron chi connectivity index (χ2n) is 10.4. The molecule has 0 radical (unpaired) electrons. The average molecular weight is 495 g/mol. The van der Waals surface area contributed by atoms with Crippen LogP contribution in [0.4, 0.5) is 5.69 Å². The maximum atomic E-state index is 13.2. The molecule has 192 valence electrons. The summed E-state index contributed by atoms with van der Waals surface area (Å²) in [5.41, 5.74) is 7.31. The van der Waals surface area contributed by atoms with E-state index in [1.165, 1.54) is 43.2 Å². The number of rotatable bonds is 7. The zero-order valence-corrected chi connectivity index (χ0v) is 22.1. The van der Waals surface area contributed by atoms with E-state index in [-0.39, 0.29) is 5.91 Å². The highest BCUT2D eigenvalue weighted by molar-refractivity contribution is 6.07. The molecule has 4 heteroatoms. The van der Waals surface area contributed by atoms with Crippen LogP contribution >= 0.6 is 0 Å². The zero-order chi connectivity index (χ0) is 25.6.